The number of aromatic nitrogens is 5. The molecule has 4 rings (SSSR count). The summed E-state index contributed by atoms with van der Waals surface area (Å²) in [5, 5.41) is 9.63. The maximum absolute atomic E-state index is 13.6. The molecule has 2 aromatic carbocycles. The molecule has 0 saturated heterocycles. The van der Waals surface area contributed by atoms with Crippen LogP contribution in [0.2, 0.25) is 0 Å². The summed E-state index contributed by atoms with van der Waals surface area (Å²) in [5.41, 5.74) is 1.11. The summed E-state index contributed by atoms with van der Waals surface area (Å²) in [6.07, 6.45) is 1.73. The van der Waals surface area contributed by atoms with Gasteiger partial charge in [-0.3, -0.25) is 9.36 Å². The quantitative estimate of drug-likeness (QED) is 0.398. The van der Waals surface area contributed by atoms with Crippen LogP contribution < -0.4 is 5.56 Å². The van der Waals surface area contributed by atoms with Crippen LogP contribution in [0.5, 0.6) is 0 Å². The summed E-state index contributed by atoms with van der Waals surface area (Å²) in [6, 6.07) is 13.4. The lowest BCUT2D eigenvalue weighted by molar-refractivity contribution is 0.628. The fourth-order valence-corrected chi connectivity index (χ4v) is 3.68. The number of benzene rings is 2. The van der Waals surface area contributed by atoms with Crippen LogP contribution in [-0.2, 0) is 12.3 Å². The zero-order valence-corrected chi connectivity index (χ0v) is 15.6. The van der Waals surface area contributed by atoms with E-state index in [0.29, 0.717) is 45.6 Å². The van der Waals surface area contributed by atoms with Gasteiger partial charge in [0.15, 0.2) is 11.0 Å². The summed E-state index contributed by atoms with van der Waals surface area (Å²) >= 11 is 1.39. The van der Waals surface area contributed by atoms with Crippen molar-refractivity contribution in [3.05, 3.63) is 83.2 Å². The first-order chi connectivity index (χ1) is 13.7. The highest BCUT2D eigenvalue weighted by atomic mass is 32.2. The van der Waals surface area contributed by atoms with Gasteiger partial charge in [0.25, 0.3) is 5.56 Å². The molecule has 0 aliphatic heterocycles. The van der Waals surface area contributed by atoms with Gasteiger partial charge in [0.1, 0.15) is 11.6 Å². The number of para-hydroxylation sites is 1. The van der Waals surface area contributed by atoms with Crippen molar-refractivity contribution in [2.45, 2.75) is 17.5 Å². The van der Waals surface area contributed by atoms with Gasteiger partial charge < -0.3 is 4.98 Å². The van der Waals surface area contributed by atoms with Crippen LogP contribution >= 0.6 is 11.8 Å². The van der Waals surface area contributed by atoms with Gasteiger partial charge in [0.05, 0.1) is 16.7 Å². The normalized spacial score (nSPS) is 11.0. The third-order valence-electron chi connectivity index (χ3n) is 4.11. The van der Waals surface area contributed by atoms with E-state index < -0.39 is 0 Å². The molecular weight excluding hydrogens is 377 g/mol. The molecule has 6 nitrogen and oxygen atoms in total. The number of allylic oxidation sites excluding steroid dienone is 1. The highest BCUT2D eigenvalue weighted by Crippen LogP contribution is 2.26. The Bertz CT molecular complexity index is 1220. The van der Waals surface area contributed by atoms with E-state index in [1.54, 1.807) is 36.4 Å². The van der Waals surface area contributed by atoms with Crippen LogP contribution in [0.4, 0.5) is 4.39 Å². The summed E-state index contributed by atoms with van der Waals surface area (Å²) in [7, 11) is 0. The minimum absolute atomic E-state index is 0.172. The van der Waals surface area contributed by atoms with E-state index in [9.17, 15) is 9.18 Å². The third-order valence-corrected chi connectivity index (χ3v) is 5.09. The molecule has 0 atom stereocenters. The lowest BCUT2D eigenvalue weighted by atomic mass is 10.2. The van der Waals surface area contributed by atoms with Crippen LogP contribution in [0.3, 0.4) is 0 Å². The average Bonchev–Trinajstić information content (AvgIpc) is 3.09. The van der Waals surface area contributed by atoms with Gasteiger partial charge in [-0.25, -0.2) is 9.37 Å². The zero-order valence-electron chi connectivity index (χ0n) is 14.8. The third kappa shape index (κ3) is 3.59. The molecule has 8 heteroatoms. The van der Waals surface area contributed by atoms with Crippen molar-refractivity contribution in [3.8, 4) is 11.4 Å². The summed E-state index contributed by atoms with van der Waals surface area (Å²) < 4.78 is 15.4. The molecule has 140 valence electrons. The molecule has 0 radical (unpaired) electrons. The SMILES string of the molecule is C=CCn1c(SCc2nc3ccccc3c(=O)[nH]2)nnc1-c1cccc(F)c1. The zero-order chi connectivity index (χ0) is 19.5. The van der Waals surface area contributed by atoms with E-state index in [2.05, 4.69) is 26.7 Å². The smallest absolute Gasteiger partial charge is 0.258 e. The number of aromatic amines is 1. The molecule has 0 unspecified atom stereocenters. The van der Waals surface area contributed by atoms with Crippen molar-refractivity contribution in [2.75, 3.05) is 0 Å². The first-order valence-corrected chi connectivity index (χ1v) is 9.55. The van der Waals surface area contributed by atoms with Crippen LogP contribution in [0, 0.1) is 5.82 Å². The molecule has 2 aromatic heterocycles. The molecule has 4 aromatic rings. The number of halogens is 1. The number of nitrogens with zero attached hydrogens (tertiary/aromatic N) is 4. The molecular formula is C20H16FN5OS. The molecule has 28 heavy (non-hydrogen) atoms. The fraction of sp³-hybridized carbons (Fsp3) is 0.100. The Hall–Kier alpha value is -3.26. The number of thioether (sulfide) groups is 1. The van der Waals surface area contributed by atoms with Crippen molar-refractivity contribution in [2.24, 2.45) is 0 Å². The largest absolute Gasteiger partial charge is 0.309 e. The van der Waals surface area contributed by atoms with Crippen molar-refractivity contribution >= 4 is 22.7 Å². The number of hydrogen-bond acceptors (Lipinski definition) is 5. The number of rotatable bonds is 6. The van der Waals surface area contributed by atoms with Crippen LogP contribution in [-0.4, -0.2) is 24.7 Å². The van der Waals surface area contributed by atoms with Gasteiger partial charge >= 0.3 is 0 Å². The second-order valence-electron chi connectivity index (χ2n) is 6.03. The van der Waals surface area contributed by atoms with Gasteiger partial charge in [0.2, 0.25) is 0 Å². The number of hydrogen-bond donors (Lipinski definition) is 1. The van der Waals surface area contributed by atoms with E-state index in [4.69, 9.17) is 0 Å². The van der Waals surface area contributed by atoms with E-state index in [0.717, 1.165) is 0 Å². The first kappa shape index (κ1) is 18.1. The van der Waals surface area contributed by atoms with E-state index in [1.807, 2.05) is 10.6 Å². The molecule has 0 saturated carbocycles. The van der Waals surface area contributed by atoms with E-state index in [1.165, 1.54) is 23.9 Å². The Morgan fingerprint density at radius 1 is 1.18 bits per heavy atom. The van der Waals surface area contributed by atoms with Crippen molar-refractivity contribution in [3.63, 3.8) is 0 Å². The number of fused-ring (bicyclic) bond motifs is 1. The molecule has 1 N–H and O–H groups in total. The predicted octanol–water partition coefficient (Wildman–Crippen LogP) is 3.80. The minimum Gasteiger partial charge on any atom is -0.309 e. The predicted molar refractivity (Wildman–Crippen MR) is 108 cm³/mol. The standard InChI is InChI=1S/C20H16FN5OS/c1-2-10-26-18(13-6-5-7-14(21)11-13)24-25-20(26)28-12-17-22-16-9-4-3-8-15(16)19(27)23-17/h2-9,11H,1,10,12H2,(H,22,23,27). The Kier molecular flexibility index (Phi) is 5.03. The van der Waals surface area contributed by atoms with Crippen LogP contribution in [0.25, 0.3) is 22.3 Å². The molecule has 0 spiro atoms. The van der Waals surface area contributed by atoms with Gasteiger partial charge in [-0.2, -0.15) is 0 Å². The first-order valence-electron chi connectivity index (χ1n) is 8.56. The average molecular weight is 393 g/mol. The van der Waals surface area contributed by atoms with Crippen LogP contribution in [0.1, 0.15) is 5.82 Å². The maximum Gasteiger partial charge on any atom is 0.258 e. The van der Waals surface area contributed by atoms with Gasteiger partial charge in [0, 0.05) is 12.1 Å². The Labute approximate surface area is 164 Å². The molecule has 0 bridgehead atoms. The van der Waals surface area contributed by atoms with Gasteiger partial charge in [-0.05, 0) is 24.3 Å². The number of nitrogens with one attached hydrogen (secondary N) is 1. The summed E-state index contributed by atoms with van der Waals surface area (Å²) in [5.74, 6) is 1.19. The Morgan fingerprint density at radius 3 is 2.86 bits per heavy atom. The summed E-state index contributed by atoms with van der Waals surface area (Å²) in [6.45, 7) is 4.25. The molecule has 0 fully saturated rings. The highest BCUT2D eigenvalue weighted by molar-refractivity contribution is 7.98. The topological polar surface area (TPSA) is 76.5 Å². The van der Waals surface area contributed by atoms with Crippen LogP contribution in [0.15, 0.2) is 71.1 Å². The van der Waals surface area contributed by atoms with E-state index >= 15 is 0 Å². The Morgan fingerprint density at radius 2 is 2.04 bits per heavy atom. The lowest BCUT2D eigenvalue weighted by Crippen LogP contribution is -2.11. The van der Waals surface area contributed by atoms with Crippen molar-refractivity contribution < 1.29 is 4.39 Å². The van der Waals surface area contributed by atoms with Crippen molar-refractivity contribution in [1.82, 2.24) is 24.7 Å². The van der Waals surface area contributed by atoms with Gasteiger partial charge in [-0.15, -0.1) is 16.8 Å². The minimum atomic E-state index is -0.335. The molecule has 0 aliphatic carbocycles. The maximum atomic E-state index is 13.6. The number of H-pyrrole nitrogens is 1. The Balaban J connectivity index is 1.63. The van der Waals surface area contributed by atoms with Crippen molar-refractivity contribution in [1.29, 1.82) is 0 Å². The lowest BCUT2D eigenvalue weighted by Gasteiger charge is -2.08. The summed E-state index contributed by atoms with van der Waals surface area (Å²) in [4.78, 5) is 19.5. The molecule has 0 amide bonds. The monoisotopic (exact) mass is 393 g/mol. The fourth-order valence-electron chi connectivity index (χ4n) is 2.87. The van der Waals surface area contributed by atoms with Gasteiger partial charge in [-0.1, -0.05) is 42.1 Å². The molecule has 2 heterocycles. The highest BCUT2D eigenvalue weighted by Gasteiger charge is 2.15. The van der Waals surface area contributed by atoms with E-state index in [-0.39, 0.29) is 11.4 Å². The second kappa shape index (κ2) is 7.77. The molecule has 0 aliphatic rings. The second-order valence-corrected chi connectivity index (χ2v) is 6.98.